The minimum absolute atomic E-state index is 0.00690. The molecule has 5 heteroatoms. The van der Waals surface area contributed by atoms with Crippen LogP contribution in [0.5, 0.6) is 0 Å². The fourth-order valence-corrected chi connectivity index (χ4v) is 0.397. The predicted molar refractivity (Wildman–Crippen MR) is 32.5 cm³/mol. The van der Waals surface area contributed by atoms with E-state index in [0.717, 1.165) is 0 Å². The van der Waals surface area contributed by atoms with E-state index in [1.165, 1.54) is 0 Å². The van der Waals surface area contributed by atoms with Gasteiger partial charge in [0, 0.05) is 6.42 Å². The standard InChI is InChI=1S/C5H9NO4/c6-3(5(9)10)1-2-4(7)8/h3H,1-2,6H2,(H,7,8)(H,9,10)/t3-/m0/s1/i/hD. The van der Waals surface area contributed by atoms with Gasteiger partial charge in [0.25, 0.3) is 1.43 Å². The van der Waals surface area contributed by atoms with E-state index < -0.39 is 18.0 Å². The third kappa shape index (κ3) is 3.85. The van der Waals surface area contributed by atoms with Gasteiger partial charge < -0.3 is 15.9 Å². The summed E-state index contributed by atoms with van der Waals surface area (Å²) in [4.78, 5) is 20.4. The summed E-state index contributed by atoms with van der Waals surface area (Å²) < 4.78 is 6.12. The van der Waals surface area contributed by atoms with Crippen molar-refractivity contribution in [3.05, 3.63) is 0 Å². The van der Waals surface area contributed by atoms with Crippen molar-refractivity contribution in [1.82, 2.24) is 0 Å². The summed E-state index contributed by atoms with van der Waals surface area (Å²) in [5, 5.41) is 11.8. The van der Waals surface area contributed by atoms with Crippen LogP contribution in [0.2, 0.25) is 0 Å². The number of nitrogens with two attached hydrogens (primary N) is 1. The molecular weight excluding hydrogens is 138 g/mol. The zero-order valence-corrected chi connectivity index (χ0v) is 5.24. The fraction of sp³-hybridized carbons (Fsp3) is 0.600. The van der Waals surface area contributed by atoms with Crippen molar-refractivity contribution >= 4 is 11.9 Å². The lowest BCUT2D eigenvalue weighted by molar-refractivity contribution is -0.139. The Morgan fingerprint density at radius 1 is 1.70 bits per heavy atom. The van der Waals surface area contributed by atoms with Crippen LogP contribution in [0.15, 0.2) is 0 Å². The first-order chi connectivity index (χ1) is 5.07. The summed E-state index contributed by atoms with van der Waals surface area (Å²) in [5.74, 6) is -1.94. The molecule has 1 atom stereocenters. The van der Waals surface area contributed by atoms with Crippen molar-refractivity contribution < 1.29 is 19.8 Å². The van der Waals surface area contributed by atoms with E-state index in [-0.39, 0.29) is 12.8 Å². The van der Waals surface area contributed by atoms with Crippen LogP contribution in [-0.2, 0) is 9.59 Å². The fourth-order valence-electron chi connectivity index (χ4n) is 0.397. The molecule has 10 heavy (non-hydrogen) atoms. The molecule has 0 rings (SSSR count). The third-order valence-corrected chi connectivity index (χ3v) is 0.977. The average Bonchev–Trinajstić information content (AvgIpc) is 1.99. The summed E-state index contributed by atoms with van der Waals surface area (Å²) in [6.45, 7) is 0. The van der Waals surface area contributed by atoms with Crippen LogP contribution in [0, 0.1) is 0 Å². The zero-order chi connectivity index (χ0) is 8.85. The Balaban J connectivity index is 3.54. The minimum Gasteiger partial charge on any atom is -0.481 e. The Morgan fingerprint density at radius 3 is 2.70 bits per heavy atom. The molecule has 0 saturated heterocycles. The summed E-state index contributed by atoms with van der Waals surface area (Å²) in [7, 11) is 0. The molecule has 0 amide bonds. The van der Waals surface area contributed by atoms with Crippen LogP contribution in [-0.4, -0.2) is 28.2 Å². The van der Waals surface area contributed by atoms with Crippen LogP contribution in [0.25, 0.3) is 1.43 Å². The first-order valence-electron chi connectivity index (χ1n) is 3.13. The van der Waals surface area contributed by atoms with Gasteiger partial charge in [0.05, 0.1) is 0 Å². The first-order valence-corrected chi connectivity index (χ1v) is 2.72. The molecule has 0 heterocycles. The number of hydrogen-bond donors (Lipinski definition) is 3. The van der Waals surface area contributed by atoms with Crippen LogP contribution < -0.4 is 5.73 Å². The number of carboxylic acid groups (broad SMARTS) is 2. The van der Waals surface area contributed by atoms with Gasteiger partial charge >= 0.3 is 11.9 Å². The Morgan fingerprint density at radius 2 is 2.30 bits per heavy atom. The maximum absolute atomic E-state index is 10.3. The van der Waals surface area contributed by atoms with Gasteiger partial charge in [0.2, 0.25) is 0 Å². The minimum atomic E-state index is -1.16. The van der Waals surface area contributed by atoms with Crippen LogP contribution in [0.1, 0.15) is 12.8 Å². The highest BCUT2D eigenvalue weighted by Crippen LogP contribution is 1.93. The molecule has 0 radical (unpaired) electrons. The molecule has 5 nitrogen and oxygen atoms in total. The Labute approximate surface area is 58.9 Å². The lowest BCUT2D eigenvalue weighted by Crippen LogP contribution is -2.30. The molecule has 0 aromatic rings. The quantitative estimate of drug-likeness (QED) is 0.487. The molecular formula is C5H9NO4. The number of aliphatic carboxylic acids is 2. The van der Waals surface area contributed by atoms with Gasteiger partial charge in [-0.25, -0.2) is 0 Å². The van der Waals surface area contributed by atoms with Gasteiger partial charge in [-0.3, -0.25) is 9.59 Å². The average molecular weight is 148 g/mol. The second-order valence-electron chi connectivity index (χ2n) is 1.86. The van der Waals surface area contributed by atoms with Gasteiger partial charge in [-0.15, -0.1) is 0 Å². The molecule has 0 fully saturated rings. The van der Waals surface area contributed by atoms with Gasteiger partial charge in [-0.2, -0.15) is 0 Å². The molecule has 0 spiro atoms. The molecule has 0 unspecified atom stereocenters. The maximum Gasteiger partial charge on any atom is 0.320 e. The Bertz CT molecular complexity index is 161. The number of hydrogen-bond acceptors (Lipinski definition) is 4. The third-order valence-electron chi connectivity index (χ3n) is 0.977. The van der Waals surface area contributed by atoms with Crippen molar-refractivity contribution in [3.8, 4) is 0 Å². The van der Waals surface area contributed by atoms with Crippen LogP contribution >= 0.6 is 0 Å². The molecule has 0 aromatic carbocycles. The largest absolute Gasteiger partial charge is 0.481 e. The monoisotopic (exact) mass is 148 g/mol. The molecule has 0 aliphatic rings. The SMILES string of the molecule is [2H]OC(=O)CC[C@H](N)C(=O)O. The lowest BCUT2D eigenvalue weighted by atomic mass is 10.2. The van der Waals surface area contributed by atoms with Crippen molar-refractivity contribution in [2.45, 2.75) is 18.9 Å². The molecule has 0 aliphatic carbocycles. The van der Waals surface area contributed by atoms with E-state index in [1.807, 2.05) is 0 Å². The van der Waals surface area contributed by atoms with Crippen molar-refractivity contribution in [3.63, 3.8) is 0 Å². The van der Waals surface area contributed by atoms with E-state index in [9.17, 15) is 9.59 Å². The molecule has 0 saturated carbocycles. The van der Waals surface area contributed by atoms with E-state index in [1.54, 1.807) is 0 Å². The highest BCUT2D eigenvalue weighted by molar-refractivity contribution is 5.74. The van der Waals surface area contributed by atoms with E-state index in [4.69, 9.17) is 12.3 Å². The maximum atomic E-state index is 10.3. The van der Waals surface area contributed by atoms with Crippen molar-refractivity contribution in [1.29, 1.82) is 1.43 Å². The predicted octanol–water partition coefficient (Wildman–Crippen LogP) is -0.737. The van der Waals surface area contributed by atoms with Gasteiger partial charge in [0.15, 0.2) is 0 Å². The van der Waals surface area contributed by atoms with Gasteiger partial charge in [-0.1, -0.05) is 0 Å². The first kappa shape index (κ1) is 7.01. The topological polar surface area (TPSA) is 101 Å². The van der Waals surface area contributed by atoms with E-state index in [2.05, 4.69) is 5.11 Å². The lowest BCUT2D eigenvalue weighted by Gasteiger charge is -2.01. The highest BCUT2D eigenvalue weighted by Gasteiger charge is 2.12. The number of carbonyl (C=O) groups is 2. The summed E-state index contributed by atoms with van der Waals surface area (Å²) in [6, 6.07) is -1.06. The molecule has 58 valence electrons. The van der Waals surface area contributed by atoms with Crippen molar-refractivity contribution in [2.24, 2.45) is 5.73 Å². The van der Waals surface area contributed by atoms with Crippen LogP contribution in [0.3, 0.4) is 0 Å². The zero-order valence-electron chi connectivity index (χ0n) is 6.24. The Hall–Kier alpha value is -1.10. The van der Waals surface area contributed by atoms with Crippen LogP contribution in [0.4, 0.5) is 0 Å². The smallest absolute Gasteiger partial charge is 0.320 e. The molecule has 4 N–H and O–H groups in total. The summed E-state index contributed by atoms with van der Waals surface area (Å²) in [5.41, 5.74) is 5.05. The summed E-state index contributed by atoms with van der Waals surface area (Å²) >= 11 is 0. The second kappa shape index (κ2) is 3.84. The Kier molecular flexibility index (Phi) is 2.69. The van der Waals surface area contributed by atoms with Gasteiger partial charge in [0.1, 0.15) is 6.04 Å². The normalized spacial score (nSPS) is 13.5. The second-order valence-corrected chi connectivity index (χ2v) is 1.86. The van der Waals surface area contributed by atoms with E-state index in [0.29, 0.717) is 0 Å². The van der Waals surface area contributed by atoms with Gasteiger partial charge in [-0.05, 0) is 6.42 Å². The highest BCUT2D eigenvalue weighted by atomic mass is 16.4. The number of carboxylic acids is 2. The molecule has 0 aliphatic heterocycles. The number of rotatable bonds is 4. The molecule has 0 aromatic heterocycles. The molecule has 0 bridgehead atoms. The summed E-state index contributed by atoms with van der Waals surface area (Å²) in [6.07, 6.45) is -0.149. The van der Waals surface area contributed by atoms with E-state index >= 15 is 0 Å². The van der Waals surface area contributed by atoms with Crippen molar-refractivity contribution in [2.75, 3.05) is 0 Å².